The van der Waals surface area contributed by atoms with Crippen LogP contribution in [0.15, 0.2) is 54.7 Å². The molecule has 2 aromatic carbocycles. The molecule has 1 aromatic heterocycles. The Labute approximate surface area is 153 Å². The van der Waals surface area contributed by atoms with Crippen molar-refractivity contribution in [1.29, 1.82) is 5.41 Å². The summed E-state index contributed by atoms with van der Waals surface area (Å²) in [7, 11) is 1.73. The number of ketones is 1. The van der Waals surface area contributed by atoms with Crippen molar-refractivity contribution in [3.8, 4) is 11.3 Å². The molecule has 3 aromatic rings. The minimum absolute atomic E-state index is 0.0889. The Morgan fingerprint density at radius 2 is 1.96 bits per heavy atom. The zero-order chi connectivity index (χ0) is 18.8. The maximum absolute atomic E-state index is 12.5. The summed E-state index contributed by atoms with van der Waals surface area (Å²) in [6, 6.07) is 12.8. The van der Waals surface area contributed by atoms with Crippen molar-refractivity contribution in [3.63, 3.8) is 0 Å². The number of hydrogen-bond donors (Lipinski definition) is 1. The molecule has 8 heteroatoms. The highest BCUT2D eigenvalue weighted by Gasteiger charge is 2.15. The first-order valence-electron chi connectivity index (χ1n) is 7.71. The minimum atomic E-state index is -0.542. The number of halogens is 1. The summed E-state index contributed by atoms with van der Waals surface area (Å²) in [5.74, 6) is -0.310. The normalized spacial score (nSPS) is 10.7. The van der Waals surface area contributed by atoms with Crippen molar-refractivity contribution in [2.75, 3.05) is 0 Å². The number of imidazole rings is 1. The molecule has 0 unspecified atom stereocenters. The van der Waals surface area contributed by atoms with Gasteiger partial charge in [0, 0.05) is 41.5 Å². The van der Waals surface area contributed by atoms with Gasteiger partial charge >= 0.3 is 0 Å². The van der Waals surface area contributed by atoms with Crippen LogP contribution in [0.3, 0.4) is 0 Å². The van der Waals surface area contributed by atoms with Gasteiger partial charge < -0.3 is 9.13 Å². The largest absolute Gasteiger partial charge is 0.314 e. The van der Waals surface area contributed by atoms with Gasteiger partial charge in [-0.15, -0.1) is 0 Å². The van der Waals surface area contributed by atoms with E-state index in [4.69, 9.17) is 17.0 Å². The third-order valence-electron chi connectivity index (χ3n) is 4.04. The molecule has 0 saturated carbocycles. The van der Waals surface area contributed by atoms with Crippen LogP contribution in [0, 0.1) is 15.5 Å². The van der Waals surface area contributed by atoms with Crippen molar-refractivity contribution in [2.24, 2.45) is 7.05 Å². The number of carbonyl (C=O) groups is 1. The van der Waals surface area contributed by atoms with Gasteiger partial charge in [-0.2, -0.15) is 0 Å². The maximum atomic E-state index is 12.5. The lowest BCUT2D eigenvalue weighted by Gasteiger charge is -2.02. The second-order valence-electron chi connectivity index (χ2n) is 5.77. The van der Waals surface area contributed by atoms with E-state index < -0.39 is 4.92 Å². The van der Waals surface area contributed by atoms with Crippen molar-refractivity contribution in [2.45, 2.75) is 6.54 Å². The van der Waals surface area contributed by atoms with Crippen LogP contribution in [0.2, 0.25) is 5.02 Å². The van der Waals surface area contributed by atoms with Gasteiger partial charge in [-0.05, 0) is 12.1 Å². The molecule has 0 aliphatic carbocycles. The van der Waals surface area contributed by atoms with E-state index in [9.17, 15) is 14.9 Å². The molecular weight excluding hydrogens is 356 g/mol. The van der Waals surface area contributed by atoms with Crippen molar-refractivity contribution >= 4 is 23.1 Å². The monoisotopic (exact) mass is 370 g/mol. The average Bonchev–Trinajstić information content (AvgIpc) is 2.90. The first-order valence-corrected chi connectivity index (χ1v) is 8.09. The summed E-state index contributed by atoms with van der Waals surface area (Å²) in [6.07, 6.45) is 1.70. The molecule has 0 aliphatic rings. The highest BCUT2D eigenvalue weighted by atomic mass is 35.5. The van der Waals surface area contributed by atoms with Crippen LogP contribution in [-0.2, 0) is 13.6 Å². The number of benzene rings is 2. The van der Waals surface area contributed by atoms with E-state index in [-0.39, 0.29) is 29.2 Å². The van der Waals surface area contributed by atoms with Gasteiger partial charge in [-0.3, -0.25) is 20.3 Å². The molecule has 0 fully saturated rings. The third kappa shape index (κ3) is 3.43. The number of nitro groups is 1. The van der Waals surface area contributed by atoms with E-state index in [2.05, 4.69) is 0 Å². The Morgan fingerprint density at radius 3 is 2.65 bits per heavy atom. The van der Waals surface area contributed by atoms with E-state index in [1.807, 2.05) is 12.1 Å². The number of rotatable bonds is 5. The van der Waals surface area contributed by atoms with Gasteiger partial charge in [0.2, 0.25) is 5.62 Å². The van der Waals surface area contributed by atoms with Gasteiger partial charge in [0.25, 0.3) is 5.69 Å². The zero-order valence-electron chi connectivity index (χ0n) is 13.8. The van der Waals surface area contributed by atoms with Crippen molar-refractivity contribution in [3.05, 3.63) is 81.0 Å². The molecule has 1 N–H and O–H groups in total. The van der Waals surface area contributed by atoms with Crippen molar-refractivity contribution in [1.82, 2.24) is 9.13 Å². The zero-order valence-corrected chi connectivity index (χ0v) is 14.6. The van der Waals surface area contributed by atoms with Crippen LogP contribution in [-0.4, -0.2) is 19.8 Å². The standard InChI is InChI=1S/C18H15ClN4O3/c1-21-16(12-4-2-6-14(19)8-12)10-22(18(21)20)11-17(24)13-5-3-7-15(9-13)23(25)26/h2-10,20H,11H2,1H3. The van der Waals surface area contributed by atoms with Crippen LogP contribution in [0.1, 0.15) is 10.4 Å². The van der Waals surface area contributed by atoms with Crippen LogP contribution in [0.5, 0.6) is 0 Å². The number of nitro benzene ring substituents is 1. The topological polar surface area (TPSA) is 93.9 Å². The Hall–Kier alpha value is -3.19. The number of Topliss-reactive ketones (excluding diaryl/α,β-unsaturated/α-hetero) is 1. The molecule has 7 nitrogen and oxygen atoms in total. The van der Waals surface area contributed by atoms with Gasteiger partial charge in [-0.1, -0.05) is 35.9 Å². The van der Waals surface area contributed by atoms with Crippen LogP contribution in [0.25, 0.3) is 11.3 Å². The maximum Gasteiger partial charge on any atom is 0.270 e. The Morgan fingerprint density at radius 1 is 1.23 bits per heavy atom. The number of hydrogen-bond acceptors (Lipinski definition) is 4. The summed E-state index contributed by atoms with van der Waals surface area (Å²) in [6.45, 7) is -0.0889. The second kappa shape index (κ2) is 6.97. The first-order chi connectivity index (χ1) is 12.4. The summed E-state index contributed by atoms with van der Waals surface area (Å²) in [5.41, 5.74) is 1.80. The summed E-state index contributed by atoms with van der Waals surface area (Å²) in [5, 5.41) is 19.7. The van der Waals surface area contributed by atoms with E-state index in [0.29, 0.717) is 5.02 Å². The van der Waals surface area contributed by atoms with E-state index >= 15 is 0 Å². The minimum Gasteiger partial charge on any atom is -0.314 e. The number of aromatic nitrogens is 2. The average molecular weight is 371 g/mol. The SMILES string of the molecule is Cn1c(-c2cccc(Cl)c2)cn(CC(=O)c2cccc([N+](=O)[O-])c2)c1=N. The summed E-state index contributed by atoms with van der Waals surface area (Å²) in [4.78, 5) is 22.8. The summed E-state index contributed by atoms with van der Waals surface area (Å²) < 4.78 is 3.14. The number of nitrogens with one attached hydrogen (secondary N) is 1. The molecule has 0 radical (unpaired) electrons. The molecule has 0 aliphatic heterocycles. The van der Waals surface area contributed by atoms with E-state index in [0.717, 1.165) is 11.3 Å². The van der Waals surface area contributed by atoms with E-state index in [1.54, 1.807) is 29.9 Å². The Bertz CT molecular complexity index is 1070. The number of non-ortho nitro benzene ring substituents is 1. The molecule has 0 saturated heterocycles. The fraction of sp³-hybridized carbons (Fsp3) is 0.111. The lowest BCUT2D eigenvalue weighted by atomic mass is 10.1. The molecule has 0 atom stereocenters. The molecule has 0 amide bonds. The lowest BCUT2D eigenvalue weighted by Crippen LogP contribution is -2.25. The molecule has 26 heavy (non-hydrogen) atoms. The van der Waals surface area contributed by atoms with Gasteiger partial charge in [0.1, 0.15) is 0 Å². The van der Waals surface area contributed by atoms with Crippen LogP contribution in [0.4, 0.5) is 5.69 Å². The second-order valence-corrected chi connectivity index (χ2v) is 6.20. The molecule has 0 spiro atoms. The van der Waals surface area contributed by atoms with Crippen LogP contribution >= 0.6 is 11.6 Å². The first kappa shape index (κ1) is 17.6. The fourth-order valence-electron chi connectivity index (χ4n) is 2.68. The third-order valence-corrected chi connectivity index (χ3v) is 4.28. The van der Waals surface area contributed by atoms with E-state index in [1.165, 1.54) is 28.8 Å². The summed E-state index contributed by atoms with van der Waals surface area (Å²) >= 11 is 6.03. The molecule has 132 valence electrons. The van der Waals surface area contributed by atoms with Gasteiger partial charge in [0.05, 0.1) is 17.2 Å². The number of carbonyl (C=O) groups excluding carboxylic acids is 1. The van der Waals surface area contributed by atoms with Crippen LogP contribution < -0.4 is 5.62 Å². The van der Waals surface area contributed by atoms with Gasteiger partial charge in [0.15, 0.2) is 5.78 Å². The van der Waals surface area contributed by atoms with Gasteiger partial charge in [-0.25, -0.2) is 0 Å². The lowest BCUT2D eigenvalue weighted by molar-refractivity contribution is -0.384. The Balaban J connectivity index is 1.92. The number of nitrogens with zero attached hydrogens (tertiary/aromatic N) is 3. The highest BCUT2D eigenvalue weighted by molar-refractivity contribution is 6.30. The predicted molar refractivity (Wildman–Crippen MR) is 97.1 cm³/mol. The molecular formula is C18H15ClN4O3. The predicted octanol–water partition coefficient (Wildman–Crippen LogP) is 3.42. The fourth-order valence-corrected chi connectivity index (χ4v) is 2.87. The molecule has 3 rings (SSSR count). The smallest absolute Gasteiger partial charge is 0.270 e. The van der Waals surface area contributed by atoms with Crippen molar-refractivity contribution < 1.29 is 9.72 Å². The quantitative estimate of drug-likeness (QED) is 0.423. The highest BCUT2D eigenvalue weighted by Crippen LogP contribution is 2.21. The molecule has 1 heterocycles. The molecule has 0 bridgehead atoms. The Kier molecular flexibility index (Phi) is 4.73.